The molecule has 0 bridgehead atoms. The molecule has 0 unspecified atom stereocenters. The highest BCUT2D eigenvalue weighted by Gasteiger charge is 2.21. The van der Waals surface area contributed by atoms with E-state index in [9.17, 15) is 18.0 Å². The third-order valence-electron chi connectivity index (χ3n) is 4.05. The second-order valence-electron chi connectivity index (χ2n) is 5.91. The van der Waals surface area contributed by atoms with Crippen molar-refractivity contribution in [3.8, 4) is 0 Å². The first-order chi connectivity index (χ1) is 12.8. The van der Waals surface area contributed by atoms with Crippen molar-refractivity contribution in [3.63, 3.8) is 0 Å². The summed E-state index contributed by atoms with van der Waals surface area (Å²) in [5.74, 6) is -0.782. The smallest absolute Gasteiger partial charge is 0.255 e. The third kappa shape index (κ3) is 5.15. The number of anilines is 1. The van der Waals surface area contributed by atoms with E-state index >= 15 is 0 Å². The van der Waals surface area contributed by atoms with Crippen LogP contribution in [0.1, 0.15) is 29.8 Å². The van der Waals surface area contributed by atoms with Gasteiger partial charge in [0.15, 0.2) is 0 Å². The molecule has 8 heteroatoms. The van der Waals surface area contributed by atoms with E-state index in [1.54, 1.807) is 38.1 Å². The number of amides is 2. The minimum atomic E-state index is -3.55. The van der Waals surface area contributed by atoms with Crippen LogP contribution < -0.4 is 11.1 Å². The van der Waals surface area contributed by atoms with Crippen molar-refractivity contribution in [2.45, 2.75) is 25.2 Å². The molecule has 0 aliphatic heterocycles. The first kappa shape index (κ1) is 20.6. The van der Waals surface area contributed by atoms with E-state index in [0.29, 0.717) is 24.3 Å². The number of sulfonamides is 1. The van der Waals surface area contributed by atoms with E-state index < -0.39 is 15.9 Å². The first-order valence-corrected chi connectivity index (χ1v) is 10.0. The Morgan fingerprint density at radius 3 is 2.00 bits per heavy atom. The van der Waals surface area contributed by atoms with Crippen LogP contribution >= 0.6 is 0 Å². The van der Waals surface area contributed by atoms with Crippen molar-refractivity contribution in [2.75, 3.05) is 18.4 Å². The molecule has 0 radical (unpaired) electrons. The fourth-order valence-electron chi connectivity index (χ4n) is 2.60. The van der Waals surface area contributed by atoms with Gasteiger partial charge in [0.1, 0.15) is 0 Å². The Balaban J connectivity index is 2.10. The molecule has 0 aliphatic rings. The van der Waals surface area contributed by atoms with Crippen LogP contribution in [0.5, 0.6) is 0 Å². The number of benzene rings is 2. The lowest BCUT2D eigenvalue weighted by molar-refractivity contribution is -0.117. The Hall–Kier alpha value is -2.71. The molecule has 7 nitrogen and oxygen atoms in total. The molecule has 2 rings (SSSR count). The first-order valence-electron chi connectivity index (χ1n) is 8.56. The van der Waals surface area contributed by atoms with Crippen molar-refractivity contribution in [1.82, 2.24) is 4.31 Å². The number of hydrogen-bond donors (Lipinski definition) is 2. The summed E-state index contributed by atoms with van der Waals surface area (Å²) in [5.41, 5.74) is 6.81. The van der Waals surface area contributed by atoms with Crippen LogP contribution in [-0.4, -0.2) is 37.6 Å². The summed E-state index contributed by atoms with van der Waals surface area (Å²) in [7, 11) is -3.55. The summed E-state index contributed by atoms with van der Waals surface area (Å²) in [5, 5.41) is 2.73. The highest BCUT2D eigenvalue weighted by atomic mass is 32.2. The van der Waals surface area contributed by atoms with Crippen LogP contribution in [0.3, 0.4) is 0 Å². The molecule has 0 heterocycles. The maximum atomic E-state index is 12.5. The molecule has 0 fully saturated rings. The number of carbonyl (C=O) groups is 2. The molecule has 2 aromatic rings. The largest absolute Gasteiger partial charge is 0.369 e. The molecule has 0 saturated heterocycles. The summed E-state index contributed by atoms with van der Waals surface area (Å²) in [6, 6.07) is 12.6. The summed E-state index contributed by atoms with van der Waals surface area (Å²) in [6.45, 7) is 4.31. The molecule has 0 atom stereocenters. The Kier molecular flexibility index (Phi) is 6.70. The van der Waals surface area contributed by atoms with Crippen molar-refractivity contribution >= 4 is 27.5 Å². The Bertz CT molecular complexity index is 903. The van der Waals surface area contributed by atoms with Crippen molar-refractivity contribution in [2.24, 2.45) is 5.73 Å². The average molecular weight is 389 g/mol. The van der Waals surface area contributed by atoms with Crippen molar-refractivity contribution in [3.05, 3.63) is 59.7 Å². The minimum Gasteiger partial charge on any atom is -0.369 e. The van der Waals surface area contributed by atoms with Gasteiger partial charge in [-0.25, -0.2) is 8.42 Å². The SMILES string of the molecule is CCN(CC)S(=O)(=O)c1ccc(C(=O)Nc2ccc(CC(N)=O)cc2)cc1. The van der Waals surface area contributed by atoms with E-state index in [-0.39, 0.29) is 17.2 Å². The molecule has 144 valence electrons. The Morgan fingerprint density at radius 2 is 1.52 bits per heavy atom. The molecule has 0 spiro atoms. The zero-order valence-electron chi connectivity index (χ0n) is 15.3. The molecular formula is C19H23N3O4S. The third-order valence-corrected chi connectivity index (χ3v) is 6.11. The van der Waals surface area contributed by atoms with E-state index in [0.717, 1.165) is 5.56 Å². The Morgan fingerprint density at radius 1 is 0.963 bits per heavy atom. The van der Waals surface area contributed by atoms with Gasteiger partial charge in [-0.2, -0.15) is 4.31 Å². The Labute approximate surface area is 159 Å². The highest BCUT2D eigenvalue weighted by Crippen LogP contribution is 2.17. The fraction of sp³-hybridized carbons (Fsp3) is 0.263. The quantitative estimate of drug-likeness (QED) is 0.719. The summed E-state index contributed by atoms with van der Waals surface area (Å²) >= 11 is 0. The van der Waals surface area contributed by atoms with Gasteiger partial charge in [0.25, 0.3) is 5.91 Å². The van der Waals surface area contributed by atoms with Crippen LogP contribution in [0.25, 0.3) is 0 Å². The molecule has 2 amide bonds. The number of nitrogens with one attached hydrogen (secondary N) is 1. The van der Waals surface area contributed by atoms with Gasteiger partial charge in [-0.05, 0) is 42.0 Å². The number of carbonyl (C=O) groups excluding carboxylic acids is 2. The van der Waals surface area contributed by atoms with E-state index in [4.69, 9.17) is 5.73 Å². The normalized spacial score (nSPS) is 11.4. The van der Waals surface area contributed by atoms with Crippen molar-refractivity contribution < 1.29 is 18.0 Å². The van der Waals surface area contributed by atoms with Gasteiger partial charge in [0, 0.05) is 24.3 Å². The maximum Gasteiger partial charge on any atom is 0.255 e. The second-order valence-corrected chi connectivity index (χ2v) is 7.85. The van der Waals surface area contributed by atoms with Gasteiger partial charge in [-0.3, -0.25) is 9.59 Å². The van der Waals surface area contributed by atoms with Gasteiger partial charge >= 0.3 is 0 Å². The summed E-state index contributed by atoms with van der Waals surface area (Å²) in [6.07, 6.45) is 0.136. The number of nitrogens with zero attached hydrogens (tertiary/aromatic N) is 1. The monoisotopic (exact) mass is 389 g/mol. The lowest BCUT2D eigenvalue weighted by Crippen LogP contribution is -2.30. The van der Waals surface area contributed by atoms with Crippen LogP contribution in [0.15, 0.2) is 53.4 Å². The summed E-state index contributed by atoms with van der Waals surface area (Å²) in [4.78, 5) is 23.4. The minimum absolute atomic E-state index is 0.136. The van der Waals surface area contributed by atoms with Crippen molar-refractivity contribution in [1.29, 1.82) is 0 Å². The van der Waals surface area contributed by atoms with Gasteiger partial charge in [-0.15, -0.1) is 0 Å². The molecule has 27 heavy (non-hydrogen) atoms. The lowest BCUT2D eigenvalue weighted by Gasteiger charge is -2.18. The molecule has 0 aliphatic carbocycles. The second kappa shape index (κ2) is 8.79. The molecule has 2 aromatic carbocycles. The highest BCUT2D eigenvalue weighted by molar-refractivity contribution is 7.89. The zero-order valence-corrected chi connectivity index (χ0v) is 16.1. The van der Waals surface area contributed by atoms with Gasteiger partial charge in [0.05, 0.1) is 11.3 Å². The van der Waals surface area contributed by atoms with E-state index in [1.807, 2.05) is 0 Å². The fourth-order valence-corrected chi connectivity index (χ4v) is 4.06. The zero-order chi connectivity index (χ0) is 20.0. The van der Waals surface area contributed by atoms with Crippen LogP contribution in [0.4, 0.5) is 5.69 Å². The van der Waals surface area contributed by atoms with Crippen LogP contribution in [0.2, 0.25) is 0 Å². The van der Waals surface area contributed by atoms with Crippen LogP contribution in [0, 0.1) is 0 Å². The number of hydrogen-bond acceptors (Lipinski definition) is 4. The number of primary amides is 1. The number of rotatable bonds is 8. The molecular weight excluding hydrogens is 366 g/mol. The lowest BCUT2D eigenvalue weighted by atomic mass is 10.1. The summed E-state index contributed by atoms with van der Waals surface area (Å²) < 4.78 is 26.3. The van der Waals surface area contributed by atoms with E-state index in [1.165, 1.54) is 28.6 Å². The van der Waals surface area contributed by atoms with Gasteiger partial charge in [-0.1, -0.05) is 26.0 Å². The average Bonchev–Trinajstić information content (AvgIpc) is 2.64. The topological polar surface area (TPSA) is 110 Å². The molecule has 3 N–H and O–H groups in total. The number of nitrogens with two attached hydrogens (primary N) is 1. The van der Waals surface area contributed by atoms with Crippen LogP contribution in [-0.2, 0) is 21.2 Å². The molecule has 0 saturated carbocycles. The predicted octanol–water partition coefficient (Wildman–Crippen LogP) is 2.00. The standard InChI is InChI=1S/C19H23N3O4S/c1-3-22(4-2)27(25,26)17-11-7-15(8-12-17)19(24)21-16-9-5-14(6-10-16)13-18(20)23/h5-12H,3-4,13H2,1-2H3,(H2,20,23)(H,21,24). The van der Waals surface area contributed by atoms with Gasteiger partial charge in [0.2, 0.25) is 15.9 Å². The maximum absolute atomic E-state index is 12.5. The predicted molar refractivity (Wildman–Crippen MR) is 104 cm³/mol. The van der Waals surface area contributed by atoms with Gasteiger partial charge < -0.3 is 11.1 Å². The molecule has 0 aromatic heterocycles. The van der Waals surface area contributed by atoms with E-state index in [2.05, 4.69) is 5.32 Å².